The van der Waals surface area contributed by atoms with Crippen molar-refractivity contribution >= 4 is 0 Å². The maximum atomic E-state index is 5.96. The standard InChI is InChI=1S/C11H20N2O/c1-8(2)13(4)11(9(3)12)10-6-5-7-14-10/h5-9,11H,12H2,1-4H3. The lowest BCUT2D eigenvalue weighted by molar-refractivity contribution is 0.154. The van der Waals surface area contributed by atoms with Gasteiger partial charge in [0.15, 0.2) is 0 Å². The summed E-state index contributed by atoms with van der Waals surface area (Å²) in [6.45, 7) is 6.31. The predicted molar refractivity (Wildman–Crippen MR) is 58.0 cm³/mol. The van der Waals surface area contributed by atoms with E-state index in [0.29, 0.717) is 6.04 Å². The van der Waals surface area contributed by atoms with E-state index in [2.05, 4.69) is 25.8 Å². The fraction of sp³-hybridized carbons (Fsp3) is 0.636. The zero-order chi connectivity index (χ0) is 10.7. The summed E-state index contributed by atoms with van der Waals surface area (Å²) in [5, 5.41) is 0. The molecule has 14 heavy (non-hydrogen) atoms. The van der Waals surface area contributed by atoms with Crippen molar-refractivity contribution in [3.63, 3.8) is 0 Å². The molecule has 1 heterocycles. The highest BCUT2D eigenvalue weighted by Gasteiger charge is 2.25. The molecule has 2 N–H and O–H groups in total. The van der Waals surface area contributed by atoms with Gasteiger partial charge >= 0.3 is 0 Å². The molecule has 80 valence electrons. The molecule has 3 heteroatoms. The highest BCUT2D eigenvalue weighted by Crippen LogP contribution is 2.24. The summed E-state index contributed by atoms with van der Waals surface area (Å²) < 4.78 is 5.41. The largest absolute Gasteiger partial charge is 0.468 e. The van der Waals surface area contributed by atoms with E-state index in [-0.39, 0.29) is 12.1 Å². The predicted octanol–water partition coefficient (Wildman–Crippen LogP) is 2.01. The van der Waals surface area contributed by atoms with Crippen molar-refractivity contribution in [3.05, 3.63) is 24.2 Å². The SMILES string of the molecule is CC(N)C(c1ccco1)N(C)C(C)C. The summed E-state index contributed by atoms with van der Waals surface area (Å²) in [6, 6.07) is 4.56. The summed E-state index contributed by atoms with van der Waals surface area (Å²) in [7, 11) is 2.07. The maximum absolute atomic E-state index is 5.96. The van der Waals surface area contributed by atoms with Crippen LogP contribution in [0.4, 0.5) is 0 Å². The zero-order valence-electron chi connectivity index (χ0n) is 9.40. The number of hydrogen-bond acceptors (Lipinski definition) is 3. The normalized spacial score (nSPS) is 16.2. The third-order valence-corrected chi connectivity index (χ3v) is 2.59. The lowest BCUT2D eigenvalue weighted by atomic mass is 10.1. The van der Waals surface area contributed by atoms with Crippen LogP contribution >= 0.6 is 0 Å². The first kappa shape index (κ1) is 11.3. The molecular weight excluding hydrogens is 176 g/mol. The van der Waals surface area contributed by atoms with Crippen molar-refractivity contribution in [2.75, 3.05) is 7.05 Å². The molecule has 0 aliphatic heterocycles. The molecule has 0 radical (unpaired) electrons. The molecular formula is C11H20N2O. The van der Waals surface area contributed by atoms with Crippen LogP contribution in [0.2, 0.25) is 0 Å². The molecule has 0 fully saturated rings. The van der Waals surface area contributed by atoms with E-state index in [1.807, 2.05) is 19.1 Å². The Morgan fingerprint density at radius 1 is 1.36 bits per heavy atom. The molecule has 0 spiro atoms. The lowest BCUT2D eigenvalue weighted by Gasteiger charge is -2.32. The second-order valence-electron chi connectivity index (χ2n) is 4.08. The Morgan fingerprint density at radius 2 is 2.00 bits per heavy atom. The molecule has 3 nitrogen and oxygen atoms in total. The van der Waals surface area contributed by atoms with Crippen molar-refractivity contribution in [1.29, 1.82) is 0 Å². The van der Waals surface area contributed by atoms with Crippen molar-refractivity contribution < 1.29 is 4.42 Å². The summed E-state index contributed by atoms with van der Waals surface area (Å²) >= 11 is 0. The van der Waals surface area contributed by atoms with E-state index in [1.54, 1.807) is 6.26 Å². The summed E-state index contributed by atoms with van der Waals surface area (Å²) in [5.41, 5.74) is 5.96. The molecule has 0 amide bonds. The Bertz CT molecular complexity index is 254. The van der Waals surface area contributed by atoms with Gasteiger partial charge in [0.05, 0.1) is 12.3 Å². The number of hydrogen-bond donors (Lipinski definition) is 1. The van der Waals surface area contributed by atoms with Crippen LogP contribution in [0.3, 0.4) is 0 Å². The van der Waals surface area contributed by atoms with E-state index in [9.17, 15) is 0 Å². The molecule has 0 saturated carbocycles. The Morgan fingerprint density at radius 3 is 2.36 bits per heavy atom. The Kier molecular flexibility index (Phi) is 3.72. The maximum Gasteiger partial charge on any atom is 0.122 e. The van der Waals surface area contributed by atoms with Crippen LogP contribution in [0.25, 0.3) is 0 Å². The summed E-state index contributed by atoms with van der Waals surface area (Å²) in [5.74, 6) is 0.941. The summed E-state index contributed by atoms with van der Waals surface area (Å²) in [6.07, 6.45) is 1.69. The molecule has 0 aliphatic carbocycles. The molecule has 1 rings (SSSR count). The average molecular weight is 196 g/mol. The van der Waals surface area contributed by atoms with Gasteiger partial charge in [-0.05, 0) is 40.0 Å². The Hall–Kier alpha value is -0.800. The molecule has 0 saturated heterocycles. The minimum atomic E-state index is 0.0635. The van der Waals surface area contributed by atoms with Gasteiger partial charge in [-0.2, -0.15) is 0 Å². The van der Waals surface area contributed by atoms with Gasteiger partial charge < -0.3 is 10.2 Å². The highest BCUT2D eigenvalue weighted by molar-refractivity contribution is 5.07. The molecule has 1 aromatic rings. The van der Waals surface area contributed by atoms with Crippen LogP contribution in [0.15, 0.2) is 22.8 Å². The molecule has 0 bridgehead atoms. The average Bonchev–Trinajstić information content (AvgIpc) is 2.56. The van der Waals surface area contributed by atoms with E-state index in [4.69, 9.17) is 10.2 Å². The smallest absolute Gasteiger partial charge is 0.122 e. The van der Waals surface area contributed by atoms with Gasteiger partial charge in [-0.1, -0.05) is 0 Å². The van der Waals surface area contributed by atoms with Gasteiger partial charge in [0.2, 0.25) is 0 Å². The third kappa shape index (κ3) is 2.36. The summed E-state index contributed by atoms with van der Waals surface area (Å²) in [4.78, 5) is 2.23. The van der Waals surface area contributed by atoms with Crippen molar-refractivity contribution in [2.45, 2.75) is 38.9 Å². The molecule has 0 aromatic carbocycles. The highest BCUT2D eigenvalue weighted by atomic mass is 16.3. The second kappa shape index (κ2) is 4.62. The first-order valence-electron chi connectivity index (χ1n) is 5.05. The van der Waals surface area contributed by atoms with Gasteiger partial charge in [-0.15, -0.1) is 0 Å². The van der Waals surface area contributed by atoms with E-state index < -0.39 is 0 Å². The number of nitrogens with two attached hydrogens (primary N) is 1. The van der Waals surface area contributed by atoms with Crippen molar-refractivity contribution in [2.24, 2.45) is 5.73 Å². The Balaban J connectivity index is 2.85. The molecule has 0 aliphatic rings. The van der Waals surface area contributed by atoms with E-state index >= 15 is 0 Å². The molecule has 2 atom stereocenters. The van der Waals surface area contributed by atoms with Gasteiger partial charge in [-0.3, -0.25) is 4.90 Å². The second-order valence-corrected chi connectivity index (χ2v) is 4.08. The van der Waals surface area contributed by atoms with Crippen LogP contribution in [-0.4, -0.2) is 24.0 Å². The first-order valence-corrected chi connectivity index (χ1v) is 5.05. The quantitative estimate of drug-likeness (QED) is 0.801. The van der Waals surface area contributed by atoms with Crippen LogP contribution in [-0.2, 0) is 0 Å². The minimum Gasteiger partial charge on any atom is -0.468 e. The van der Waals surface area contributed by atoms with Crippen molar-refractivity contribution in [3.8, 4) is 0 Å². The molecule has 2 unspecified atom stereocenters. The topological polar surface area (TPSA) is 42.4 Å². The molecule has 1 aromatic heterocycles. The van der Waals surface area contributed by atoms with E-state index in [0.717, 1.165) is 5.76 Å². The van der Waals surface area contributed by atoms with E-state index in [1.165, 1.54) is 0 Å². The monoisotopic (exact) mass is 196 g/mol. The van der Waals surface area contributed by atoms with Crippen LogP contribution in [0.5, 0.6) is 0 Å². The third-order valence-electron chi connectivity index (χ3n) is 2.59. The van der Waals surface area contributed by atoms with Gasteiger partial charge in [0.25, 0.3) is 0 Å². The van der Waals surface area contributed by atoms with Gasteiger partial charge in [0.1, 0.15) is 5.76 Å². The van der Waals surface area contributed by atoms with Gasteiger partial charge in [-0.25, -0.2) is 0 Å². The van der Waals surface area contributed by atoms with Crippen LogP contribution in [0, 0.1) is 0 Å². The minimum absolute atomic E-state index is 0.0635. The number of nitrogens with zero attached hydrogens (tertiary/aromatic N) is 1. The van der Waals surface area contributed by atoms with Gasteiger partial charge in [0, 0.05) is 12.1 Å². The first-order chi connectivity index (χ1) is 6.54. The fourth-order valence-electron chi connectivity index (χ4n) is 1.61. The number of furan rings is 1. The fourth-order valence-corrected chi connectivity index (χ4v) is 1.61. The zero-order valence-corrected chi connectivity index (χ0v) is 9.40. The Labute approximate surface area is 85.9 Å². The van der Waals surface area contributed by atoms with Crippen LogP contribution in [0.1, 0.15) is 32.6 Å². The van der Waals surface area contributed by atoms with Crippen molar-refractivity contribution in [1.82, 2.24) is 4.90 Å². The lowest BCUT2D eigenvalue weighted by Crippen LogP contribution is -2.40. The number of likely N-dealkylation sites (N-methyl/N-ethyl adjacent to an activating group) is 1. The van der Waals surface area contributed by atoms with Crippen LogP contribution < -0.4 is 5.73 Å². The number of rotatable bonds is 4.